The van der Waals surface area contributed by atoms with Crippen LogP contribution >= 0.6 is 24.0 Å². The molecule has 0 spiro atoms. The molecule has 6 nitrogen and oxygen atoms in total. The fraction of sp³-hybridized carbons (Fsp3) is 0.750. The predicted octanol–water partition coefficient (Wildman–Crippen LogP) is 2.52. The minimum absolute atomic E-state index is 0. The van der Waals surface area contributed by atoms with Crippen molar-refractivity contribution in [2.45, 2.75) is 59.1 Å². The second kappa shape index (κ2) is 8.86. The van der Waals surface area contributed by atoms with Gasteiger partial charge in [-0.2, -0.15) is 0 Å². The number of halogens is 1. The van der Waals surface area contributed by atoms with Gasteiger partial charge in [-0.15, -0.1) is 24.0 Å². The van der Waals surface area contributed by atoms with Gasteiger partial charge in [0.15, 0.2) is 5.96 Å². The maximum Gasteiger partial charge on any atom is 0.191 e. The third-order valence-electron chi connectivity index (χ3n) is 4.78. The molecule has 7 heteroatoms. The van der Waals surface area contributed by atoms with E-state index in [0.29, 0.717) is 6.54 Å². The van der Waals surface area contributed by atoms with E-state index in [1.54, 1.807) is 7.05 Å². The topological polar surface area (TPSA) is 82.7 Å². The minimum atomic E-state index is -0.241. The van der Waals surface area contributed by atoms with E-state index in [1.807, 2.05) is 13.8 Å². The smallest absolute Gasteiger partial charge is 0.191 e. The van der Waals surface area contributed by atoms with Crippen LogP contribution in [0.1, 0.15) is 49.6 Å². The summed E-state index contributed by atoms with van der Waals surface area (Å²) in [5.41, 5.74) is 1.88. The van der Waals surface area contributed by atoms with Gasteiger partial charge in [0.1, 0.15) is 5.76 Å². The lowest BCUT2D eigenvalue weighted by molar-refractivity contribution is 0.00397. The summed E-state index contributed by atoms with van der Waals surface area (Å²) in [5, 5.41) is 20.8. The molecule has 23 heavy (non-hydrogen) atoms. The van der Waals surface area contributed by atoms with Gasteiger partial charge in [-0.05, 0) is 26.7 Å². The number of aliphatic hydroxyl groups excluding tert-OH is 1. The highest BCUT2D eigenvalue weighted by molar-refractivity contribution is 14.0. The normalized spacial score (nSPS) is 24.9. The molecule has 0 saturated heterocycles. The molecule has 0 aromatic carbocycles. The Bertz CT molecular complexity index is 513. The van der Waals surface area contributed by atoms with Crippen LogP contribution in [-0.4, -0.2) is 35.9 Å². The van der Waals surface area contributed by atoms with Crippen LogP contribution in [0.5, 0.6) is 0 Å². The third kappa shape index (κ3) is 5.07. The van der Waals surface area contributed by atoms with Gasteiger partial charge < -0.3 is 20.3 Å². The average Bonchev–Trinajstić information content (AvgIpc) is 2.82. The Kier molecular flexibility index (Phi) is 7.79. The van der Waals surface area contributed by atoms with Crippen LogP contribution in [0.4, 0.5) is 0 Å². The van der Waals surface area contributed by atoms with Gasteiger partial charge in [0.2, 0.25) is 0 Å². The summed E-state index contributed by atoms with van der Waals surface area (Å²) in [7, 11) is 1.75. The van der Waals surface area contributed by atoms with Gasteiger partial charge in [0.25, 0.3) is 0 Å². The summed E-state index contributed by atoms with van der Waals surface area (Å²) in [6.07, 6.45) is 4.00. The van der Waals surface area contributed by atoms with Gasteiger partial charge in [0.05, 0.1) is 11.8 Å². The lowest BCUT2D eigenvalue weighted by Gasteiger charge is -2.38. The zero-order valence-electron chi connectivity index (χ0n) is 14.5. The quantitative estimate of drug-likeness (QED) is 0.384. The first-order chi connectivity index (χ1) is 10.5. The predicted molar refractivity (Wildman–Crippen MR) is 102 cm³/mol. The highest BCUT2D eigenvalue weighted by Gasteiger charge is 2.35. The Hall–Kier alpha value is -0.830. The number of aliphatic hydroxyl groups is 1. The van der Waals surface area contributed by atoms with Crippen molar-refractivity contribution in [3.8, 4) is 0 Å². The standard InChI is InChI=1S/C16H28N4O2.HI/c1-11-13(12(2)22-20-11)9-18-15(17-4)19-10-16(3)8-6-5-7-14(16)21;/h14,21H,5-10H2,1-4H3,(H2,17,18,19);1H. The average molecular weight is 436 g/mol. The lowest BCUT2D eigenvalue weighted by Crippen LogP contribution is -2.48. The molecule has 2 atom stereocenters. The molecule has 1 aromatic rings. The number of rotatable bonds is 4. The first-order valence-corrected chi connectivity index (χ1v) is 8.00. The molecule has 3 N–H and O–H groups in total. The second-order valence-electron chi connectivity index (χ2n) is 6.50. The van der Waals surface area contributed by atoms with E-state index in [1.165, 1.54) is 6.42 Å². The van der Waals surface area contributed by atoms with Gasteiger partial charge in [-0.25, -0.2) is 0 Å². The zero-order valence-corrected chi connectivity index (χ0v) is 16.8. The van der Waals surface area contributed by atoms with E-state index >= 15 is 0 Å². The molecule has 0 amide bonds. The van der Waals surface area contributed by atoms with Crippen molar-refractivity contribution in [3.63, 3.8) is 0 Å². The molecular weight excluding hydrogens is 407 g/mol. The van der Waals surface area contributed by atoms with Crippen molar-refractivity contribution < 1.29 is 9.63 Å². The van der Waals surface area contributed by atoms with Crippen molar-refractivity contribution in [1.82, 2.24) is 15.8 Å². The number of aryl methyl sites for hydroxylation is 2. The Labute approximate surface area is 155 Å². The van der Waals surface area contributed by atoms with Gasteiger partial charge >= 0.3 is 0 Å². The van der Waals surface area contributed by atoms with Crippen LogP contribution in [0.3, 0.4) is 0 Å². The molecule has 1 heterocycles. The maximum atomic E-state index is 10.2. The van der Waals surface area contributed by atoms with Crippen LogP contribution in [0.15, 0.2) is 9.52 Å². The van der Waals surface area contributed by atoms with E-state index in [9.17, 15) is 5.11 Å². The Morgan fingerprint density at radius 2 is 2.13 bits per heavy atom. The maximum absolute atomic E-state index is 10.2. The van der Waals surface area contributed by atoms with E-state index in [2.05, 4.69) is 27.7 Å². The van der Waals surface area contributed by atoms with Crippen molar-refractivity contribution in [3.05, 3.63) is 17.0 Å². The number of nitrogens with zero attached hydrogens (tertiary/aromatic N) is 2. The largest absolute Gasteiger partial charge is 0.392 e. The number of aromatic nitrogens is 1. The van der Waals surface area contributed by atoms with E-state index in [0.717, 1.165) is 48.8 Å². The Balaban J connectivity index is 0.00000264. The molecule has 132 valence electrons. The third-order valence-corrected chi connectivity index (χ3v) is 4.78. The summed E-state index contributed by atoms with van der Waals surface area (Å²) in [4.78, 5) is 4.25. The van der Waals surface area contributed by atoms with E-state index in [4.69, 9.17) is 4.52 Å². The highest BCUT2D eigenvalue weighted by Crippen LogP contribution is 2.35. The first-order valence-electron chi connectivity index (χ1n) is 8.00. The minimum Gasteiger partial charge on any atom is -0.392 e. The van der Waals surface area contributed by atoms with Crippen LogP contribution in [0.25, 0.3) is 0 Å². The molecular formula is C16H29IN4O2. The highest BCUT2D eigenvalue weighted by atomic mass is 127. The summed E-state index contributed by atoms with van der Waals surface area (Å²) in [6.45, 7) is 7.33. The monoisotopic (exact) mass is 436 g/mol. The fourth-order valence-electron chi connectivity index (χ4n) is 3.02. The summed E-state index contributed by atoms with van der Waals surface area (Å²) in [6, 6.07) is 0. The number of nitrogens with one attached hydrogen (secondary N) is 2. The molecule has 1 aliphatic rings. The number of hydrogen-bond donors (Lipinski definition) is 3. The summed E-state index contributed by atoms with van der Waals surface area (Å²) in [5.74, 6) is 1.56. The summed E-state index contributed by atoms with van der Waals surface area (Å²) >= 11 is 0. The van der Waals surface area contributed by atoms with E-state index < -0.39 is 0 Å². The zero-order chi connectivity index (χ0) is 16.2. The molecule has 0 aliphatic heterocycles. The molecule has 2 rings (SSSR count). The van der Waals surface area contributed by atoms with Crippen molar-refractivity contribution in [2.75, 3.05) is 13.6 Å². The molecule has 1 fully saturated rings. The van der Waals surface area contributed by atoms with Gasteiger partial charge in [-0.3, -0.25) is 4.99 Å². The van der Waals surface area contributed by atoms with Crippen LogP contribution in [-0.2, 0) is 6.54 Å². The lowest BCUT2D eigenvalue weighted by atomic mass is 9.73. The molecule has 1 aliphatic carbocycles. The van der Waals surface area contributed by atoms with Crippen molar-refractivity contribution >= 4 is 29.9 Å². The first kappa shape index (κ1) is 20.2. The van der Waals surface area contributed by atoms with E-state index in [-0.39, 0.29) is 35.5 Å². The fourth-order valence-corrected chi connectivity index (χ4v) is 3.02. The van der Waals surface area contributed by atoms with Crippen LogP contribution < -0.4 is 10.6 Å². The van der Waals surface area contributed by atoms with Crippen LogP contribution in [0, 0.1) is 19.3 Å². The molecule has 1 saturated carbocycles. The molecule has 1 aromatic heterocycles. The number of hydrogen-bond acceptors (Lipinski definition) is 4. The molecule has 2 unspecified atom stereocenters. The molecule has 0 bridgehead atoms. The number of guanidine groups is 1. The second-order valence-corrected chi connectivity index (χ2v) is 6.50. The summed E-state index contributed by atoms with van der Waals surface area (Å²) < 4.78 is 5.16. The number of aliphatic imine (C=N–C) groups is 1. The van der Waals surface area contributed by atoms with Gasteiger partial charge in [-0.1, -0.05) is 24.9 Å². The Morgan fingerprint density at radius 1 is 1.39 bits per heavy atom. The van der Waals surface area contributed by atoms with Gasteiger partial charge in [0, 0.05) is 31.1 Å². The Morgan fingerprint density at radius 3 is 2.70 bits per heavy atom. The molecule has 0 radical (unpaired) electrons. The SMILES string of the molecule is CN=C(NCc1c(C)noc1C)NCC1(C)CCCCC1O.I. The van der Waals surface area contributed by atoms with Crippen molar-refractivity contribution in [1.29, 1.82) is 0 Å². The van der Waals surface area contributed by atoms with Crippen molar-refractivity contribution in [2.24, 2.45) is 10.4 Å². The van der Waals surface area contributed by atoms with Crippen LogP contribution in [0.2, 0.25) is 0 Å².